The molecule has 1 aromatic carbocycles. The van der Waals surface area contributed by atoms with Crippen molar-refractivity contribution in [3.8, 4) is 5.75 Å². The van der Waals surface area contributed by atoms with Crippen LogP contribution in [0.25, 0.3) is 0 Å². The van der Waals surface area contributed by atoms with E-state index in [1.165, 1.54) is 6.07 Å². The predicted octanol–water partition coefficient (Wildman–Crippen LogP) is 2.34. The second-order valence-corrected chi connectivity index (χ2v) is 5.66. The highest BCUT2D eigenvalue weighted by Crippen LogP contribution is 2.29. The molecule has 6 nitrogen and oxygen atoms in total. The van der Waals surface area contributed by atoms with Gasteiger partial charge in [-0.05, 0) is 39.3 Å². The number of nitrogens with zero attached hydrogens (tertiary/aromatic N) is 2. The number of hydrogen-bond donors (Lipinski definition) is 1. The molecule has 6 heteroatoms. The number of hydrogen-bond acceptors (Lipinski definition) is 5. The number of aliphatic hydroxyl groups is 1. The molecule has 0 unspecified atom stereocenters. The monoisotopic (exact) mass is 294 g/mol. The fraction of sp³-hybridized carbons (Fsp3) is 0.600. The summed E-state index contributed by atoms with van der Waals surface area (Å²) >= 11 is 0. The van der Waals surface area contributed by atoms with Crippen LogP contribution in [-0.2, 0) is 6.54 Å². The fourth-order valence-corrected chi connectivity index (χ4v) is 2.70. The summed E-state index contributed by atoms with van der Waals surface area (Å²) in [5.74, 6) is 0.680. The molecule has 21 heavy (non-hydrogen) atoms. The molecule has 0 saturated carbocycles. The van der Waals surface area contributed by atoms with Crippen LogP contribution < -0.4 is 4.74 Å². The Kier molecular flexibility index (Phi) is 5.14. The summed E-state index contributed by atoms with van der Waals surface area (Å²) in [7, 11) is 0. The second kappa shape index (κ2) is 6.87. The lowest BCUT2D eigenvalue weighted by molar-refractivity contribution is -0.385. The topological polar surface area (TPSA) is 75.8 Å². The quantitative estimate of drug-likeness (QED) is 0.643. The van der Waals surface area contributed by atoms with Crippen LogP contribution in [0.2, 0.25) is 0 Å². The number of ether oxygens (including phenoxy) is 1. The number of non-ortho nitro benzene ring substituents is 1. The molecule has 1 fully saturated rings. The smallest absolute Gasteiger partial charge is 0.270 e. The zero-order valence-corrected chi connectivity index (χ0v) is 12.5. The van der Waals surface area contributed by atoms with Crippen molar-refractivity contribution in [2.45, 2.75) is 45.4 Å². The summed E-state index contributed by atoms with van der Waals surface area (Å²) in [6.07, 6.45) is 2.02. The summed E-state index contributed by atoms with van der Waals surface area (Å²) in [4.78, 5) is 12.7. The standard InChI is InChI=1S/C15H22N2O4/c1-11(2)21-15-6-5-13(17(19)20)8-12(15)9-16-7-3-4-14(16)10-18/h5-6,8,11,14,18H,3-4,7,9-10H2,1-2H3/t14-/m1/s1. The Morgan fingerprint density at radius 1 is 1.52 bits per heavy atom. The molecule has 2 rings (SSSR count). The molecule has 0 aliphatic carbocycles. The van der Waals surface area contributed by atoms with Crippen molar-refractivity contribution < 1.29 is 14.8 Å². The van der Waals surface area contributed by atoms with Gasteiger partial charge < -0.3 is 9.84 Å². The first-order valence-electron chi connectivity index (χ1n) is 7.30. The molecule has 0 spiro atoms. The minimum Gasteiger partial charge on any atom is -0.491 e. The molecule has 1 aliphatic heterocycles. The van der Waals surface area contributed by atoms with Crippen molar-refractivity contribution in [3.05, 3.63) is 33.9 Å². The fourth-order valence-electron chi connectivity index (χ4n) is 2.70. The number of nitro groups is 1. The van der Waals surface area contributed by atoms with E-state index < -0.39 is 4.92 Å². The molecule has 1 heterocycles. The number of rotatable bonds is 6. The van der Waals surface area contributed by atoms with Crippen molar-refractivity contribution >= 4 is 5.69 Å². The maximum Gasteiger partial charge on any atom is 0.270 e. The van der Waals surface area contributed by atoms with Gasteiger partial charge >= 0.3 is 0 Å². The van der Waals surface area contributed by atoms with Gasteiger partial charge in [0.25, 0.3) is 5.69 Å². The maximum absolute atomic E-state index is 11.0. The minimum atomic E-state index is -0.393. The van der Waals surface area contributed by atoms with E-state index in [0.29, 0.717) is 12.3 Å². The van der Waals surface area contributed by atoms with Gasteiger partial charge in [0.2, 0.25) is 0 Å². The number of nitro benzene ring substituents is 1. The maximum atomic E-state index is 11.0. The summed E-state index contributed by atoms with van der Waals surface area (Å²) in [6, 6.07) is 4.84. The molecule has 1 saturated heterocycles. The highest BCUT2D eigenvalue weighted by Gasteiger charge is 2.25. The van der Waals surface area contributed by atoms with Crippen LogP contribution in [-0.4, -0.2) is 40.2 Å². The molecule has 1 aromatic rings. The lowest BCUT2D eigenvalue weighted by Crippen LogP contribution is -2.31. The Morgan fingerprint density at radius 3 is 2.90 bits per heavy atom. The number of likely N-dealkylation sites (tertiary alicyclic amines) is 1. The summed E-state index contributed by atoms with van der Waals surface area (Å²) in [5, 5.41) is 20.3. The molecular formula is C15H22N2O4. The van der Waals surface area contributed by atoms with Gasteiger partial charge in [-0.25, -0.2) is 0 Å². The molecule has 0 bridgehead atoms. The lowest BCUT2D eigenvalue weighted by Gasteiger charge is -2.24. The van der Waals surface area contributed by atoms with Crippen LogP contribution in [0.1, 0.15) is 32.3 Å². The van der Waals surface area contributed by atoms with Crippen molar-refractivity contribution in [3.63, 3.8) is 0 Å². The second-order valence-electron chi connectivity index (χ2n) is 5.66. The summed E-state index contributed by atoms with van der Waals surface area (Å²) < 4.78 is 5.75. The van der Waals surface area contributed by atoms with Gasteiger partial charge in [-0.2, -0.15) is 0 Å². The lowest BCUT2D eigenvalue weighted by atomic mass is 10.1. The van der Waals surface area contributed by atoms with E-state index in [9.17, 15) is 15.2 Å². The molecule has 116 valence electrons. The Bertz CT molecular complexity index is 504. The van der Waals surface area contributed by atoms with E-state index in [4.69, 9.17) is 4.74 Å². The largest absolute Gasteiger partial charge is 0.491 e. The van der Waals surface area contributed by atoms with Crippen molar-refractivity contribution in [1.82, 2.24) is 4.90 Å². The zero-order valence-electron chi connectivity index (χ0n) is 12.5. The first-order valence-corrected chi connectivity index (χ1v) is 7.30. The molecule has 1 aliphatic rings. The van der Waals surface area contributed by atoms with E-state index in [1.807, 2.05) is 13.8 Å². The number of benzene rings is 1. The third-order valence-corrected chi connectivity index (χ3v) is 3.70. The SMILES string of the molecule is CC(C)Oc1ccc([N+](=O)[O-])cc1CN1CCC[C@@H]1CO. The van der Waals surface area contributed by atoms with Gasteiger partial charge in [-0.15, -0.1) is 0 Å². The molecule has 0 amide bonds. The van der Waals surface area contributed by atoms with Gasteiger partial charge in [0.15, 0.2) is 0 Å². The highest BCUT2D eigenvalue weighted by molar-refractivity contribution is 5.44. The van der Waals surface area contributed by atoms with Crippen LogP contribution >= 0.6 is 0 Å². The molecular weight excluding hydrogens is 272 g/mol. The Hall–Kier alpha value is -1.66. The molecule has 1 atom stereocenters. The van der Waals surface area contributed by atoms with E-state index in [1.54, 1.807) is 12.1 Å². The third kappa shape index (κ3) is 3.92. The Morgan fingerprint density at radius 2 is 2.29 bits per heavy atom. The van der Waals surface area contributed by atoms with E-state index in [-0.39, 0.29) is 24.4 Å². The average Bonchev–Trinajstić information content (AvgIpc) is 2.87. The minimum absolute atomic E-state index is 0.0115. The van der Waals surface area contributed by atoms with Crippen LogP contribution in [0, 0.1) is 10.1 Å². The number of aliphatic hydroxyl groups excluding tert-OH is 1. The normalized spacial score (nSPS) is 19.1. The zero-order chi connectivity index (χ0) is 15.4. The Balaban J connectivity index is 2.25. The third-order valence-electron chi connectivity index (χ3n) is 3.70. The highest BCUT2D eigenvalue weighted by atomic mass is 16.6. The first-order chi connectivity index (χ1) is 10.0. The van der Waals surface area contributed by atoms with Crippen LogP contribution in [0.3, 0.4) is 0 Å². The Labute approximate surface area is 124 Å². The van der Waals surface area contributed by atoms with E-state index in [2.05, 4.69) is 4.90 Å². The molecule has 1 N–H and O–H groups in total. The van der Waals surface area contributed by atoms with Crippen LogP contribution in [0.4, 0.5) is 5.69 Å². The first kappa shape index (κ1) is 15.7. The van der Waals surface area contributed by atoms with Gasteiger partial charge in [-0.3, -0.25) is 15.0 Å². The predicted molar refractivity (Wildman–Crippen MR) is 79.4 cm³/mol. The molecule has 0 radical (unpaired) electrons. The van der Waals surface area contributed by atoms with Crippen LogP contribution in [0.15, 0.2) is 18.2 Å². The average molecular weight is 294 g/mol. The molecule has 0 aromatic heterocycles. The van der Waals surface area contributed by atoms with Crippen molar-refractivity contribution in [2.75, 3.05) is 13.2 Å². The van der Waals surface area contributed by atoms with Crippen molar-refractivity contribution in [2.24, 2.45) is 0 Å². The van der Waals surface area contributed by atoms with Gasteiger partial charge in [0.1, 0.15) is 5.75 Å². The summed E-state index contributed by atoms with van der Waals surface area (Å²) in [6.45, 7) is 5.44. The summed E-state index contributed by atoms with van der Waals surface area (Å²) in [5.41, 5.74) is 0.874. The van der Waals surface area contributed by atoms with Crippen LogP contribution in [0.5, 0.6) is 5.75 Å². The van der Waals surface area contributed by atoms with Gasteiger partial charge in [-0.1, -0.05) is 0 Å². The van der Waals surface area contributed by atoms with Crippen molar-refractivity contribution in [1.29, 1.82) is 0 Å². The van der Waals surface area contributed by atoms with Gasteiger partial charge in [0, 0.05) is 30.3 Å². The van der Waals surface area contributed by atoms with E-state index >= 15 is 0 Å². The van der Waals surface area contributed by atoms with E-state index in [0.717, 1.165) is 24.9 Å². The van der Waals surface area contributed by atoms with Gasteiger partial charge in [0.05, 0.1) is 17.6 Å².